The van der Waals surface area contributed by atoms with Crippen LogP contribution in [0.5, 0.6) is 0 Å². The van der Waals surface area contributed by atoms with Crippen LogP contribution in [-0.4, -0.2) is 85.2 Å². The van der Waals surface area contributed by atoms with Gasteiger partial charge in [0.1, 0.15) is 5.82 Å². The van der Waals surface area contributed by atoms with Crippen molar-refractivity contribution in [2.45, 2.75) is 6.92 Å². The molecule has 0 bridgehead atoms. The molecule has 138 valence electrons. The molecule has 2 aliphatic rings. The van der Waals surface area contributed by atoms with Crippen molar-refractivity contribution in [2.75, 3.05) is 59.5 Å². The van der Waals surface area contributed by atoms with Crippen LogP contribution in [0.2, 0.25) is 0 Å². The predicted octanol–water partition coefficient (Wildman–Crippen LogP) is 1.06. The number of aliphatic hydroxyl groups is 1. The number of benzene rings is 1. The molecule has 0 saturated carbocycles. The highest BCUT2D eigenvalue weighted by Crippen LogP contribution is 2.26. The number of nitrogens with zero attached hydrogens (tertiary/aromatic N) is 3. The Morgan fingerprint density at radius 3 is 2.52 bits per heavy atom. The zero-order valence-electron chi connectivity index (χ0n) is 15.1. The Morgan fingerprint density at radius 2 is 1.88 bits per heavy atom. The number of amides is 1. The molecule has 0 radical (unpaired) electrons. The Kier molecular flexibility index (Phi) is 5.71. The monoisotopic (exact) mass is 349 g/mol. The molecule has 5 nitrogen and oxygen atoms in total. The van der Waals surface area contributed by atoms with Crippen molar-refractivity contribution in [2.24, 2.45) is 11.8 Å². The molecule has 2 saturated heterocycles. The summed E-state index contributed by atoms with van der Waals surface area (Å²) in [5.41, 5.74) is 0.930. The molecule has 25 heavy (non-hydrogen) atoms. The maximum absolute atomic E-state index is 14.1. The molecule has 2 unspecified atom stereocenters. The largest absolute Gasteiger partial charge is 0.396 e. The minimum Gasteiger partial charge on any atom is -0.396 e. The molecule has 0 aromatic heterocycles. The van der Waals surface area contributed by atoms with Gasteiger partial charge < -0.3 is 19.8 Å². The number of hydrogen-bond donors (Lipinski definition) is 1. The van der Waals surface area contributed by atoms with Crippen LogP contribution >= 0.6 is 0 Å². The highest BCUT2D eigenvalue weighted by Gasteiger charge is 2.36. The summed E-state index contributed by atoms with van der Waals surface area (Å²) < 4.78 is 14.1. The van der Waals surface area contributed by atoms with Gasteiger partial charge in [-0.05, 0) is 37.6 Å². The fraction of sp³-hybridized carbons (Fsp3) is 0.632. The summed E-state index contributed by atoms with van der Waals surface area (Å²) in [5, 5.41) is 9.73. The lowest BCUT2D eigenvalue weighted by molar-refractivity contribution is 0.0772. The van der Waals surface area contributed by atoms with Crippen molar-refractivity contribution in [3.63, 3.8) is 0 Å². The molecular weight excluding hydrogens is 321 g/mol. The number of hydrogen-bond acceptors (Lipinski definition) is 4. The van der Waals surface area contributed by atoms with Gasteiger partial charge in [-0.2, -0.15) is 0 Å². The van der Waals surface area contributed by atoms with Crippen LogP contribution in [0.4, 0.5) is 4.39 Å². The standard InChI is InChI=1S/C19H28FN3O2/c1-14-3-4-17(18(20)9-14)19(25)23-11-15(16(12-23)13-24)10-22-7-5-21(2)6-8-22/h3-4,9,15-16,24H,5-8,10-13H2,1-2H3. The Labute approximate surface area is 149 Å². The van der Waals surface area contributed by atoms with E-state index in [1.807, 2.05) is 0 Å². The zero-order valence-corrected chi connectivity index (χ0v) is 15.1. The molecule has 2 atom stereocenters. The van der Waals surface area contributed by atoms with Crippen LogP contribution < -0.4 is 0 Å². The van der Waals surface area contributed by atoms with Crippen LogP contribution in [0.25, 0.3) is 0 Å². The van der Waals surface area contributed by atoms with E-state index in [1.165, 1.54) is 6.07 Å². The minimum absolute atomic E-state index is 0.0668. The smallest absolute Gasteiger partial charge is 0.256 e. The molecule has 2 aliphatic heterocycles. The van der Waals surface area contributed by atoms with Crippen molar-refractivity contribution < 1.29 is 14.3 Å². The molecular formula is C19H28FN3O2. The van der Waals surface area contributed by atoms with Crippen molar-refractivity contribution in [3.05, 3.63) is 35.1 Å². The van der Waals surface area contributed by atoms with Crippen molar-refractivity contribution in [3.8, 4) is 0 Å². The van der Waals surface area contributed by atoms with Crippen molar-refractivity contribution in [1.82, 2.24) is 14.7 Å². The number of aryl methyl sites for hydroxylation is 1. The van der Waals surface area contributed by atoms with E-state index in [4.69, 9.17) is 0 Å². The molecule has 2 heterocycles. The van der Waals surface area contributed by atoms with Crippen LogP contribution in [0.15, 0.2) is 18.2 Å². The van der Waals surface area contributed by atoms with Crippen LogP contribution in [0, 0.1) is 24.6 Å². The molecule has 3 rings (SSSR count). The Balaban J connectivity index is 1.65. The van der Waals surface area contributed by atoms with Crippen LogP contribution in [0.1, 0.15) is 15.9 Å². The number of piperazine rings is 1. The molecule has 1 aromatic rings. The third-order valence-electron chi connectivity index (χ3n) is 5.54. The third kappa shape index (κ3) is 4.19. The molecule has 2 fully saturated rings. The van der Waals surface area contributed by atoms with E-state index in [9.17, 15) is 14.3 Å². The van der Waals surface area contributed by atoms with Gasteiger partial charge >= 0.3 is 0 Å². The summed E-state index contributed by atoms with van der Waals surface area (Å²) in [7, 11) is 2.12. The van der Waals surface area contributed by atoms with E-state index < -0.39 is 5.82 Å². The first-order valence-electron chi connectivity index (χ1n) is 9.05. The lowest BCUT2D eigenvalue weighted by atomic mass is 9.96. The Bertz CT molecular complexity index is 617. The van der Waals surface area contributed by atoms with E-state index in [1.54, 1.807) is 24.0 Å². The minimum atomic E-state index is -0.465. The lowest BCUT2D eigenvalue weighted by Gasteiger charge is -2.34. The fourth-order valence-corrected chi connectivity index (χ4v) is 3.84. The predicted molar refractivity (Wildman–Crippen MR) is 95.0 cm³/mol. The average molecular weight is 349 g/mol. The number of likely N-dealkylation sites (tertiary alicyclic amines) is 1. The van der Waals surface area contributed by atoms with Gasteiger partial charge in [-0.25, -0.2) is 4.39 Å². The van der Waals surface area contributed by atoms with E-state index >= 15 is 0 Å². The Hall–Kier alpha value is -1.50. The average Bonchev–Trinajstić information content (AvgIpc) is 2.99. The number of likely N-dealkylation sites (N-methyl/N-ethyl adjacent to an activating group) is 1. The SMILES string of the molecule is Cc1ccc(C(=O)N2CC(CO)C(CN3CCN(C)CC3)C2)c(F)c1. The van der Waals surface area contributed by atoms with Gasteiger partial charge in [0.25, 0.3) is 5.91 Å². The Morgan fingerprint density at radius 1 is 1.20 bits per heavy atom. The van der Waals surface area contributed by atoms with E-state index in [0.717, 1.165) is 38.3 Å². The third-order valence-corrected chi connectivity index (χ3v) is 5.54. The van der Waals surface area contributed by atoms with Crippen molar-refractivity contribution >= 4 is 5.91 Å². The summed E-state index contributed by atoms with van der Waals surface area (Å²) in [4.78, 5) is 19.1. The topological polar surface area (TPSA) is 47.0 Å². The maximum Gasteiger partial charge on any atom is 0.256 e. The highest BCUT2D eigenvalue weighted by molar-refractivity contribution is 5.94. The molecule has 0 aliphatic carbocycles. The molecule has 1 N–H and O–H groups in total. The molecule has 1 aromatic carbocycles. The number of halogens is 1. The number of carbonyl (C=O) groups is 1. The van der Waals surface area contributed by atoms with E-state index in [0.29, 0.717) is 13.1 Å². The molecule has 1 amide bonds. The highest BCUT2D eigenvalue weighted by atomic mass is 19.1. The van der Waals surface area contributed by atoms with E-state index in [-0.39, 0.29) is 29.9 Å². The van der Waals surface area contributed by atoms with Gasteiger partial charge in [0.2, 0.25) is 0 Å². The second-order valence-corrected chi connectivity index (χ2v) is 7.50. The summed E-state index contributed by atoms with van der Waals surface area (Å²) in [5.74, 6) is -0.423. The maximum atomic E-state index is 14.1. The quantitative estimate of drug-likeness (QED) is 0.883. The molecule has 6 heteroatoms. The first kappa shape index (κ1) is 18.3. The number of rotatable bonds is 4. The van der Waals surface area contributed by atoms with Gasteiger partial charge in [0.05, 0.1) is 5.56 Å². The zero-order chi connectivity index (χ0) is 18.0. The van der Waals surface area contributed by atoms with Crippen LogP contribution in [-0.2, 0) is 0 Å². The summed E-state index contributed by atoms with van der Waals surface area (Å²) in [6.45, 7) is 7.99. The first-order chi connectivity index (χ1) is 12.0. The number of aliphatic hydroxyl groups excluding tert-OH is 1. The second kappa shape index (κ2) is 7.81. The summed E-state index contributed by atoms with van der Waals surface area (Å²) in [6.07, 6.45) is 0. The van der Waals surface area contributed by atoms with Gasteiger partial charge in [0.15, 0.2) is 0 Å². The van der Waals surface area contributed by atoms with Crippen molar-refractivity contribution in [1.29, 1.82) is 0 Å². The fourth-order valence-electron chi connectivity index (χ4n) is 3.84. The first-order valence-corrected chi connectivity index (χ1v) is 9.05. The van der Waals surface area contributed by atoms with Gasteiger partial charge in [-0.1, -0.05) is 6.07 Å². The second-order valence-electron chi connectivity index (χ2n) is 7.50. The summed E-state index contributed by atoms with van der Waals surface area (Å²) in [6, 6.07) is 4.72. The van der Waals surface area contributed by atoms with E-state index in [2.05, 4.69) is 16.8 Å². The summed E-state index contributed by atoms with van der Waals surface area (Å²) >= 11 is 0. The van der Waals surface area contributed by atoms with Gasteiger partial charge in [0, 0.05) is 58.3 Å². The lowest BCUT2D eigenvalue weighted by Crippen LogP contribution is -2.47. The van der Waals surface area contributed by atoms with Crippen LogP contribution in [0.3, 0.4) is 0 Å². The van der Waals surface area contributed by atoms with Gasteiger partial charge in [-0.15, -0.1) is 0 Å². The molecule has 0 spiro atoms. The van der Waals surface area contributed by atoms with Gasteiger partial charge in [-0.3, -0.25) is 4.79 Å². The normalized spacial score (nSPS) is 25.5. The number of carbonyl (C=O) groups excluding carboxylic acids is 1.